The molecule has 0 radical (unpaired) electrons. The lowest BCUT2D eigenvalue weighted by atomic mass is 10.0. The van der Waals surface area contributed by atoms with Gasteiger partial charge in [-0.15, -0.1) is 0 Å². The number of hydrogen-bond donors (Lipinski definition) is 1. The van der Waals surface area contributed by atoms with Crippen LogP contribution in [0.4, 0.5) is 29.1 Å². The zero-order valence-electron chi connectivity index (χ0n) is 19.6. The molecule has 1 saturated heterocycles. The second-order valence-electron chi connectivity index (χ2n) is 9.14. The van der Waals surface area contributed by atoms with Crippen molar-refractivity contribution in [3.8, 4) is 5.75 Å². The van der Waals surface area contributed by atoms with Gasteiger partial charge >= 0.3 is 6.18 Å². The normalized spacial score (nSPS) is 20.9. The fourth-order valence-corrected chi connectivity index (χ4v) is 4.54. The van der Waals surface area contributed by atoms with Gasteiger partial charge in [-0.3, -0.25) is 0 Å². The van der Waals surface area contributed by atoms with Crippen molar-refractivity contribution in [2.24, 2.45) is 0 Å². The summed E-state index contributed by atoms with van der Waals surface area (Å²) in [4.78, 5) is 11.2. The smallest absolute Gasteiger partial charge is 0.419 e. The molecule has 0 saturated carbocycles. The fourth-order valence-electron chi connectivity index (χ4n) is 4.54. The van der Waals surface area contributed by atoms with Crippen molar-refractivity contribution in [3.63, 3.8) is 0 Å². The minimum Gasteiger partial charge on any atom is -0.493 e. The van der Waals surface area contributed by atoms with Gasteiger partial charge in [0.2, 0.25) is 0 Å². The highest BCUT2D eigenvalue weighted by Crippen LogP contribution is 2.42. The first-order chi connectivity index (χ1) is 16.7. The van der Waals surface area contributed by atoms with E-state index in [9.17, 15) is 13.2 Å². The second-order valence-corrected chi connectivity index (χ2v) is 9.14. The van der Waals surface area contributed by atoms with Gasteiger partial charge in [-0.2, -0.15) is 13.2 Å². The van der Waals surface area contributed by atoms with E-state index >= 15 is 4.39 Å². The molecule has 0 amide bonds. The number of ether oxygens (including phenoxy) is 2. The van der Waals surface area contributed by atoms with E-state index in [1.165, 1.54) is 12.1 Å². The minimum atomic E-state index is -4.55. The van der Waals surface area contributed by atoms with Crippen molar-refractivity contribution in [1.29, 1.82) is 0 Å². The summed E-state index contributed by atoms with van der Waals surface area (Å²) in [5, 5.41) is 3.85. The third kappa shape index (κ3) is 4.35. The van der Waals surface area contributed by atoms with Crippen LogP contribution in [0.3, 0.4) is 0 Å². The first-order valence-electron chi connectivity index (χ1n) is 11.5. The van der Waals surface area contributed by atoms with E-state index in [2.05, 4.69) is 10.3 Å². The average Bonchev–Trinajstić information content (AvgIpc) is 2.79. The molecule has 1 N–H and O–H groups in total. The van der Waals surface area contributed by atoms with Crippen molar-refractivity contribution >= 4 is 22.4 Å². The van der Waals surface area contributed by atoms with E-state index < -0.39 is 23.6 Å². The summed E-state index contributed by atoms with van der Waals surface area (Å²) in [6, 6.07) is 6.54. The molecule has 2 aliphatic heterocycles. The minimum absolute atomic E-state index is 0.0446. The molecule has 1 aromatic heterocycles. The monoisotopic (exact) mass is 490 g/mol. The Kier molecular flexibility index (Phi) is 5.94. The van der Waals surface area contributed by atoms with Crippen molar-refractivity contribution < 1.29 is 27.0 Å². The number of hydrogen-bond acceptors (Lipinski definition) is 6. The largest absolute Gasteiger partial charge is 0.493 e. The number of nitrogens with zero attached hydrogens (tertiary/aromatic N) is 3. The SMILES string of the molecule is COC1CN(c2cc3c4nc(nc3cc2F)C(C)CCOc2c(cccc2C(F)(F)F)C(C)N4)C1. The topological polar surface area (TPSA) is 59.5 Å². The van der Waals surface area contributed by atoms with E-state index in [0.717, 1.165) is 6.07 Å². The zero-order valence-corrected chi connectivity index (χ0v) is 19.6. The molecule has 3 heterocycles. The van der Waals surface area contributed by atoms with E-state index in [4.69, 9.17) is 14.5 Å². The van der Waals surface area contributed by atoms with Crippen LogP contribution in [0.15, 0.2) is 30.3 Å². The third-order valence-corrected chi connectivity index (χ3v) is 6.71. The molecular formula is C25H26F4N4O2. The summed E-state index contributed by atoms with van der Waals surface area (Å²) in [6.45, 7) is 4.83. The van der Waals surface area contributed by atoms with Gasteiger partial charge in [-0.05, 0) is 25.5 Å². The Labute approximate surface area is 200 Å². The summed E-state index contributed by atoms with van der Waals surface area (Å²) in [5.41, 5.74) is 0.410. The van der Waals surface area contributed by atoms with E-state index in [1.54, 1.807) is 26.2 Å². The zero-order chi connectivity index (χ0) is 24.9. The van der Waals surface area contributed by atoms with Crippen LogP contribution in [0.25, 0.3) is 10.9 Å². The molecule has 2 atom stereocenters. The number of aromatic nitrogens is 2. The van der Waals surface area contributed by atoms with Crippen molar-refractivity contribution in [2.75, 3.05) is 37.0 Å². The predicted molar refractivity (Wildman–Crippen MR) is 125 cm³/mol. The molecular weight excluding hydrogens is 464 g/mol. The number of nitrogens with one attached hydrogen (secondary N) is 1. The van der Waals surface area contributed by atoms with Crippen LogP contribution in [-0.2, 0) is 10.9 Å². The van der Waals surface area contributed by atoms with Crippen LogP contribution in [0.2, 0.25) is 0 Å². The van der Waals surface area contributed by atoms with Crippen LogP contribution in [0, 0.1) is 5.82 Å². The third-order valence-electron chi connectivity index (χ3n) is 6.71. The number of anilines is 2. The standard InChI is InChI=1S/C25H26F4N4O2/c1-13-7-8-35-22-16(5-4-6-18(22)25(27,28)29)14(2)30-24-17-9-21(33-11-15(12-33)34-3)19(26)10-20(17)31-23(13)32-24/h4-6,9-10,13-15H,7-8,11-12H2,1-3H3,(H,30,31,32). The summed E-state index contributed by atoms with van der Waals surface area (Å²) in [6.07, 6.45) is -4.11. The molecule has 2 bridgehead atoms. The van der Waals surface area contributed by atoms with E-state index in [1.807, 2.05) is 11.8 Å². The molecule has 2 aliphatic rings. The highest BCUT2D eigenvalue weighted by atomic mass is 19.4. The highest BCUT2D eigenvalue weighted by Gasteiger charge is 2.36. The number of fused-ring (bicyclic) bond motifs is 5. The molecule has 2 aromatic carbocycles. The lowest BCUT2D eigenvalue weighted by Crippen LogP contribution is -2.52. The van der Waals surface area contributed by atoms with E-state index in [0.29, 0.717) is 53.3 Å². The molecule has 10 heteroatoms. The van der Waals surface area contributed by atoms with Crippen molar-refractivity contribution in [1.82, 2.24) is 9.97 Å². The Morgan fingerprint density at radius 1 is 1.14 bits per heavy atom. The van der Waals surface area contributed by atoms with Gasteiger partial charge in [0.15, 0.2) is 0 Å². The Hall–Kier alpha value is -3.14. The van der Waals surface area contributed by atoms with Crippen LogP contribution in [0.1, 0.15) is 49.2 Å². The number of halogens is 4. The van der Waals surface area contributed by atoms with Crippen molar-refractivity contribution in [3.05, 3.63) is 53.1 Å². The number of alkyl halides is 3. The average molecular weight is 491 g/mol. The van der Waals surface area contributed by atoms with Gasteiger partial charge in [-0.1, -0.05) is 19.1 Å². The summed E-state index contributed by atoms with van der Waals surface area (Å²) >= 11 is 0. The maximum atomic E-state index is 15.0. The van der Waals surface area contributed by atoms with Gasteiger partial charge in [0.25, 0.3) is 0 Å². The molecule has 0 spiro atoms. The van der Waals surface area contributed by atoms with Gasteiger partial charge in [-0.25, -0.2) is 14.4 Å². The Bertz CT molecular complexity index is 1260. The van der Waals surface area contributed by atoms with E-state index in [-0.39, 0.29) is 24.4 Å². The number of methoxy groups -OCH3 is 1. The van der Waals surface area contributed by atoms with Crippen molar-refractivity contribution in [2.45, 2.75) is 44.5 Å². The number of rotatable bonds is 2. The lowest BCUT2D eigenvalue weighted by Gasteiger charge is -2.40. The predicted octanol–water partition coefficient (Wildman–Crippen LogP) is 5.68. The molecule has 2 unspecified atom stereocenters. The first kappa shape index (κ1) is 23.6. The van der Waals surface area contributed by atoms with Gasteiger partial charge in [0.05, 0.1) is 35.5 Å². The number of para-hydroxylation sites is 1. The molecule has 3 aromatic rings. The summed E-state index contributed by atoms with van der Waals surface area (Å²) < 4.78 is 67.3. The molecule has 186 valence electrons. The fraction of sp³-hybridized carbons (Fsp3) is 0.440. The molecule has 35 heavy (non-hydrogen) atoms. The summed E-state index contributed by atoms with van der Waals surface area (Å²) in [5.74, 6) is 0.136. The Balaban J connectivity index is 1.62. The maximum Gasteiger partial charge on any atom is 0.419 e. The van der Waals surface area contributed by atoms with Crippen LogP contribution < -0.4 is 15.0 Å². The number of benzene rings is 2. The van der Waals surface area contributed by atoms with Gasteiger partial charge in [0, 0.05) is 43.1 Å². The quantitative estimate of drug-likeness (QED) is 0.467. The Morgan fingerprint density at radius 3 is 2.63 bits per heavy atom. The maximum absolute atomic E-state index is 15.0. The second kappa shape index (κ2) is 8.82. The molecule has 5 rings (SSSR count). The molecule has 1 fully saturated rings. The Morgan fingerprint density at radius 2 is 1.91 bits per heavy atom. The molecule has 0 aliphatic carbocycles. The highest BCUT2D eigenvalue weighted by molar-refractivity contribution is 5.92. The lowest BCUT2D eigenvalue weighted by molar-refractivity contribution is -0.139. The van der Waals surface area contributed by atoms with Crippen LogP contribution in [0.5, 0.6) is 5.75 Å². The molecule has 6 nitrogen and oxygen atoms in total. The van der Waals surface area contributed by atoms with Gasteiger partial charge < -0.3 is 19.7 Å². The van der Waals surface area contributed by atoms with Crippen LogP contribution in [-0.4, -0.2) is 42.9 Å². The van der Waals surface area contributed by atoms with Gasteiger partial charge in [0.1, 0.15) is 23.2 Å². The van der Waals surface area contributed by atoms with Crippen LogP contribution >= 0.6 is 0 Å². The first-order valence-corrected chi connectivity index (χ1v) is 11.5. The summed E-state index contributed by atoms with van der Waals surface area (Å²) in [7, 11) is 1.62.